The van der Waals surface area contributed by atoms with Gasteiger partial charge in [0.05, 0.1) is 5.56 Å². The lowest BCUT2D eigenvalue weighted by Gasteiger charge is -2.34. The molecule has 4 nitrogen and oxygen atoms in total. The fraction of sp³-hybridized carbons (Fsp3) is 0.455. The number of fused-ring (bicyclic) bond motifs is 2. The molecule has 1 saturated heterocycles. The molecular formula is C22H27F3N4S. The Hall–Kier alpha value is -1.74. The number of hydrogen-bond acceptors (Lipinski definition) is 5. The second-order valence-corrected chi connectivity index (χ2v) is 9.06. The summed E-state index contributed by atoms with van der Waals surface area (Å²) in [6.45, 7) is 3.73. The molecule has 2 aliphatic heterocycles. The van der Waals surface area contributed by atoms with Crippen molar-refractivity contribution in [3.63, 3.8) is 0 Å². The molecule has 2 heterocycles. The van der Waals surface area contributed by atoms with Crippen molar-refractivity contribution < 1.29 is 13.2 Å². The summed E-state index contributed by atoms with van der Waals surface area (Å²) >= 11 is 1.41. The van der Waals surface area contributed by atoms with Gasteiger partial charge in [-0.25, -0.2) is 0 Å². The number of rotatable bonds is 5. The third-order valence-corrected chi connectivity index (χ3v) is 7.07. The van der Waals surface area contributed by atoms with Gasteiger partial charge in [-0.1, -0.05) is 23.9 Å². The number of benzene rings is 2. The van der Waals surface area contributed by atoms with Crippen LogP contribution in [-0.4, -0.2) is 37.1 Å². The predicted molar refractivity (Wildman–Crippen MR) is 115 cm³/mol. The average molecular weight is 437 g/mol. The van der Waals surface area contributed by atoms with E-state index in [0.717, 1.165) is 54.1 Å². The Morgan fingerprint density at radius 2 is 1.83 bits per heavy atom. The van der Waals surface area contributed by atoms with Gasteiger partial charge < -0.3 is 21.7 Å². The molecule has 0 unspecified atom stereocenters. The lowest BCUT2D eigenvalue weighted by Crippen LogP contribution is -2.41. The first kappa shape index (κ1) is 21.5. The Bertz CT molecular complexity index is 908. The second kappa shape index (κ2) is 8.78. The Morgan fingerprint density at radius 1 is 1.07 bits per heavy atom. The van der Waals surface area contributed by atoms with E-state index in [-0.39, 0.29) is 6.04 Å². The van der Waals surface area contributed by atoms with Crippen molar-refractivity contribution in [2.45, 2.75) is 47.8 Å². The van der Waals surface area contributed by atoms with Crippen LogP contribution in [0.25, 0.3) is 0 Å². The summed E-state index contributed by atoms with van der Waals surface area (Å²) in [5.41, 5.74) is 14.4. The Morgan fingerprint density at radius 3 is 2.50 bits per heavy atom. The molecule has 0 atom stereocenters. The van der Waals surface area contributed by atoms with Crippen LogP contribution in [0.2, 0.25) is 0 Å². The minimum absolute atomic E-state index is 0.164. The van der Waals surface area contributed by atoms with E-state index >= 15 is 0 Å². The molecule has 0 aromatic heterocycles. The van der Waals surface area contributed by atoms with Gasteiger partial charge in [0.25, 0.3) is 0 Å². The van der Waals surface area contributed by atoms with Crippen molar-refractivity contribution >= 4 is 17.4 Å². The van der Waals surface area contributed by atoms with Crippen molar-refractivity contribution in [3.05, 3.63) is 52.6 Å². The van der Waals surface area contributed by atoms with Crippen LogP contribution in [-0.2, 0) is 19.1 Å². The summed E-state index contributed by atoms with van der Waals surface area (Å²) in [4.78, 5) is 3.97. The van der Waals surface area contributed by atoms with E-state index in [2.05, 4.69) is 10.2 Å². The maximum atomic E-state index is 13.6. The number of nitrogens with one attached hydrogen (secondary N) is 1. The number of likely N-dealkylation sites (tertiary alicyclic amines) is 1. The van der Waals surface area contributed by atoms with Crippen LogP contribution >= 0.6 is 11.8 Å². The average Bonchev–Trinajstić information content (AvgIpc) is 2.72. The minimum Gasteiger partial charge on any atom is -0.382 e. The van der Waals surface area contributed by atoms with Crippen molar-refractivity contribution in [1.29, 1.82) is 0 Å². The van der Waals surface area contributed by atoms with Crippen LogP contribution in [0.4, 0.5) is 18.9 Å². The zero-order chi connectivity index (χ0) is 21.3. The van der Waals surface area contributed by atoms with E-state index < -0.39 is 11.7 Å². The molecule has 2 aromatic rings. The highest BCUT2D eigenvalue weighted by atomic mass is 32.2. The third kappa shape index (κ3) is 4.61. The van der Waals surface area contributed by atoms with E-state index in [1.54, 1.807) is 0 Å². The highest BCUT2D eigenvalue weighted by Gasteiger charge is 2.34. The van der Waals surface area contributed by atoms with Gasteiger partial charge in [0.15, 0.2) is 0 Å². The van der Waals surface area contributed by atoms with Gasteiger partial charge in [0.2, 0.25) is 0 Å². The van der Waals surface area contributed by atoms with E-state index in [1.165, 1.54) is 23.9 Å². The summed E-state index contributed by atoms with van der Waals surface area (Å²) in [6.07, 6.45) is -1.96. The zero-order valence-electron chi connectivity index (χ0n) is 16.8. The first-order chi connectivity index (χ1) is 14.4. The lowest BCUT2D eigenvalue weighted by molar-refractivity contribution is -0.137. The molecular weight excluding hydrogens is 409 g/mol. The molecule has 2 aliphatic rings. The van der Waals surface area contributed by atoms with E-state index in [1.807, 2.05) is 18.2 Å². The van der Waals surface area contributed by atoms with Crippen LogP contribution in [0.3, 0.4) is 0 Å². The quantitative estimate of drug-likeness (QED) is 0.563. The predicted octanol–water partition coefficient (Wildman–Crippen LogP) is 4.05. The number of alkyl halides is 3. The summed E-state index contributed by atoms with van der Waals surface area (Å²) in [5, 5.41) is 3.45. The Labute approximate surface area is 179 Å². The first-order valence-electron chi connectivity index (χ1n) is 10.3. The topological polar surface area (TPSA) is 67.3 Å². The monoisotopic (exact) mass is 436 g/mol. The molecule has 4 rings (SSSR count). The SMILES string of the molecule is NCCN1CCC(Nc2cc(C(F)(F)F)cc3c2Cc2ccc(CN)cc2S3)CC1. The third-order valence-electron chi connectivity index (χ3n) is 5.88. The molecule has 30 heavy (non-hydrogen) atoms. The van der Waals surface area contributed by atoms with Gasteiger partial charge in [0, 0.05) is 60.7 Å². The summed E-state index contributed by atoms with van der Waals surface area (Å²) in [7, 11) is 0. The number of nitrogens with zero attached hydrogens (tertiary/aromatic N) is 1. The smallest absolute Gasteiger partial charge is 0.382 e. The second-order valence-electron chi connectivity index (χ2n) is 7.97. The van der Waals surface area contributed by atoms with Crippen LogP contribution < -0.4 is 16.8 Å². The molecule has 1 fully saturated rings. The normalized spacial score (nSPS) is 17.5. The molecule has 0 spiro atoms. The van der Waals surface area contributed by atoms with Gasteiger partial charge in [-0.05, 0) is 47.7 Å². The molecule has 0 amide bonds. The highest BCUT2D eigenvalue weighted by Crippen LogP contribution is 2.46. The highest BCUT2D eigenvalue weighted by molar-refractivity contribution is 7.99. The fourth-order valence-electron chi connectivity index (χ4n) is 4.19. The van der Waals surface area contributed by atoms with E-state index in [0.29, 0.717) is 30.1 Å². The number of hydrogen-bond donors (Lipinski definition) is 3. The Kier molecular flexibility index (Phi) is 6.29. The van der Waals surface area contributed by atoms with Gasteiger partial charge >= 0.3 is 6.18 Å². The first-order valence-corrected chi connectivity index (χ1v) is 11.1. The van der Waals surface area contributed by atoms with Crippen LogP contribution in [0, 0.1) is 0 Å². The number of anilines is 1. The Balaban J connectivity index is 1.62. The maximum Gasteiger partial charge on any atom is 0.416 e. The minimum atomic E-state index is -4.38. The van der Waals surface area contributed by atoms with E-state index in [9.17, 15) is 13.2 Å². The molecule has 162 valence electrons. The number of nitrogens with two attached hydrogens (primary N) is 2. The standard InChI is InChI=1S/C22H27F3N4S/c23-22(24,25)16-11-19(28-17-3-6-29(7-4-17)8-5-26)18-10-15-2-1-14(13-27)9-20(15)30-21(18)12-16/h1-2,9,11-12,17,28H,3-8,10,13,26-27H2. The molecule has 0 saturated carbocycles. The fourth-order valence-corrected chi connectivity index (χ4v) is 5.40. The number of halogens is 3. The molecule has 8 heteroatoms. The largest absolute Gasteiger partial charge is 0.416 e. The van der Waals surface area contributed by atoms with Crippen molar-refractivity contribution in [1.82, 2.24) is 4.90 Å². The van der Waals surface area contributed by atoms with Gasteiger partial charge in [-0.15, -0.1) is 0 Å². The van der Waals surface area contributed by atoms with Crippen LogP contribution in [0.15, 0.2) is 40.1 Å². The summed E-state index contributed by atoms with van der Waals surface area (Å²) in [6, 6.07) is 8.76. The molecule has 0 radical (unpaired) electrons. The summed E-state index contributed by atoms with van der Waals surface area (Å²) in [5.74, 6) is 0. The molecule has 2 aromatic carbocycles. The van der Waals surface area contributed by atoms with Gasteiger partial charge in [-0.3, -0.25) is 0 Å². The molecule has 0 aliphatic carbocycles. The van der Waals surface area contributed by atoms with E-state index in [4.69, 9.17) is 11.5 Å². The van der Waals surface area contributed by atoms with Gasteiger partial charge in [-0.2, -0.15) is 13.2 Å². The maximum absolute atomic E-state index is 13.6. The summed E-state index contributed by atoms with van der Waals surface area (Å²) < 4.78 is 40.8. The van der Waals surface area contributed by atoms with Gasteiger partial charge in [0.1, 0.15) is 0 Å². The number of piperidine rings is 1. The lowest BCUT2D eigenvalue weighted by atomic mass is 9.97. The molecule has 0 bridgehead atoms. The van der Waals surface area contributed by atoms with Crippen molar-refractivity contribution in [2.75, 3.05) is 31.5 Å². The van der Waals surface area contributed by atoms with Crippen molar-refractivity contribution in [2.24, 2.45) is 11.5 Å². The van der Waals surface area contributed by atoms with Crippen molar-refractivity contribution in [3.8, 4) is 0 Å². The van der Waals surface area contributed by atoms with Crippen LogP contribution in [0.5, 0.6) is 0 Å². The zero-order valence-corrected chi connectivity index (χ0v) is 17.6. The molecule has 5 N–H and O–H groups in total. The van der Waals surface area contributed by atoms with Crippen LogP contribution in [0.1, 0.15) is 35.1 Å².